The van der Waals surface area contributed by atoms with Crippen molar-refractivity contribution in [2.24, 2.45) is 0 Å². The average Bonchev–Trinajstić information content (AvgIpc) is 2.83. The van der Waals surface area contributed by atoms with Gasteiger partial charge in [0.05, 0.1) is 12.7 Å². The third kappa shape index (κ3) is 1.03. The highest BCUT2D eigenvalue weighted by molar-refractivity contribution is 6.01. The molecule has 0 N–H and O–H groups in total. The summed E-state index contributed by atoms with van der Waals surface area (Å²) < 4.78 is 9.69. The van der Waals surface area contributed by atoms with Gasteiger partial charge < -0.3 is 9.47 Å². The van der Waals surface area contributed by atoms with E-state index in [0.29, 0.717) is 11.9 Å². The van der Waals surface area contributed by atoms with Crippen LogP contribution in [-0.4, -0.2) is 13.1 Å². The van der Waals surface area contributed by atoms with Crippen LogP contribution in [0.15, 0.2) is 24.3 Å². The number of para-hydroxylation sites is 1. The molecule has 3 nitrogen and oxygen atoms in total. The largest absolute Gasteiger partial charge is 0.496 e. The molecular formula is C9H7O3. The summed E-state index contributed by atoms with van der Waals surface area (Å²) >= 11 is 0. The molecule has 2 rings (SSSR count). The zero-order chi connectivity index (χ0) is 8.55. The number of carbonyl (C=O) groups excluding carboxylic acids is 1. The molecule has 0 aromatic heterocycles. The Labute approximate surface area is 69.9 Å². The molecule has 0 atom stereocenters. The van der Waals surface area contributed by atoms with Crippen molar-refractivity contribution in [2.45, 2.75) is 0 Å². The van der Waals surface area contributed by atoms with Crippen LogP contribution in [0.4, 0.5) is 0 Å². The van der Waals surface area contributed by atoms with Crippen molar-refractivity contribution >= 4 is 5.97 Å². The van der Waals surface area contributed by atoms with Gasteiger partial charge >= 0.3 is 5.97 Å². The second kappa shape index (κ2) is 2.52. The summed E-state index contributed by atoms with van der Waals surface area (Å²) in [4.78, 5) is 10.6. The summed E-state index contributed by atoms with van der Waals surface area (Å²) in [7, 11) is 1.56. The van der Waals surface area contributed by atoms with E-state index in [1.54, 1.807) is 19.2 Å². The molecule has 1 aliphatic rings. The third-order valence-electron chi connectivity index (χ3n) is 1.69. The predicted molar refractivity (Wildman–Crippen MR) is 41.4 cm³/mol. The zero-order valence-electron chi connectivity index (χ0n) is 6.53. The first-order valence-corrected chi connectivity index (χ1v) is 3.55. The van der Waals surface area contributed by atoms with Gasteiger partial charge in [-0.05, 0) is 6.07 Å². The van der Waals surface area contributed by atoms with Crippen molar-refractivity contribution in [3.8, 4) is 5.75 Å². The molecule has 1 aliphatic heterocycles. The van der Waals surface area contributed by atoms with Gasteiger partial charge in [0.1, 0.15) is 5.75 Å². The number of hydrogen-bond donors (Lipinski definition) is 0. The average molecular weight is 163 g/mol. The Bertz CT molecular complexity index is 319. The van der Waals surface area contributed by atoms with Crippen LogP contribution in [0.5, 0.6) is 5.75 Å². The Balaban J connectivity index is 2.35. The Hall–Kier alpha value is -1.51. The van der Waals surface area contributed by atoms with E-state index in [2.05, 4.69) is 4.74 Å². The van der Waals surface area contributed by atoms with E-state index in [4.69, 9.17) is 4.74 Å². The number of methoxy groups -OCH3 is 1. The van der Waals surface area contributed by atoms with Crippen LogP contribution in [0.2, 0.25) is 0 Å². The lowest BCUT2D eigenvalue weighted by atomic mass is 10.1. The molecule has 0 unspecified atom stereocenters. The Kier molecular flexibility index (Phi) is 1.50. The van der Waals surface area contributed by atoms with E-state index in [9.17, 15) is 4.79 Å². The highest BCUT2D eigenvalue weighted by Crippen LogP contribution is 2.36. The van der Waals surface area contributed by atoms with Crippen LogP contribution < -0.4 is 4.74 Å². The van der Waals surface area contributed by atoms with Gasteiger partial charge in [-0.2, -0.15) is 0 Å². The summed E-state index contributed by atoms with van der Waals surface area (Å²) in [6.45, 7) is 0. The molecule has 1 aromatic rings. The van der Waals surface area contributed by atoms with Crippen LogP contribution in [0, 0.1) is 6.10 Å². The first-order chi connectivity index (χ1) is 5.83. The van der Waals surface area contributed by atoms with Crippen molar-refractivity contribution in [1.29, 1.82) is 0 Å². The lowest BCUT2D eigenvalue weighted by Crippen LogP contribution is -1.90. The second-order valence-corrected chi connectivity index (χ2v) is 2.42. The van der Waals surface area contributed by atoms with Gasteiger partial charge in [-0.15, -0.1) is 0 Å². The van der Waals surface area contributed by atoms with Crippen molar-refractivity contribution in [3.05, 3.63) is 35.9 Å². The van der Waals surface area contributed by atoms with E-state index in [1.807, 2.05) is 12.1 Å². The number of cyclic esters (lactones) is 1. The Morgan fingerprint density at radius 1 is 1.33 bits per heavy atom. The third-order valence-corrected chi connectivity index (χ3v) is 1.69. The lowest BCUT2D eigenvalue weighted by molar-refractivity contribution is -0.117. The smallest absolute Gasteiger partial charge is 0.362 e. The standard InChI is InChI=1S/C9H7O3/c1-11-7-5-3-2-4-6(7)8-9(10)12-8/h2-5H,1H3. The van der Waals surface area contributed by atoms with Crippen LogP contribution in [-0.2, 0) is 9.53 Å². The van der Waals surface area contributed by atoms with Crippen LogP contribution >= 0.6 is 0 Å². The molecule has 1 heterocycles. The van der Waals surface area contributed by atoms with Gasteiger partial charge in [0.15, 0.2) is 0 Å². The monoisotopic (exact) mass is 163 g/mol. The number of carbonyl (C=O) groups is 1. The predicted octanol–water partition coefficient (Wildman–Crippen LogP) is 1.13. The van der Waals surface area contributed by atoms with Crippen molar-refractivity contribution in [3.63, 3.8) is 0 Å². The van der Waals surface area contributed by atoms with Gasteiger partial charge in [-0.1, -0.05) is 18.2 Å². The molecule has 3 heteroatoms. The van der Waals surface area contributed by atoms with Gasteiger partial charge in [-0.3, -0.25) is 0 Å². The number of ether oxygens (including phenoxy) is 2. The molecule has 1 aromatic carbocycles. The molecule has 12 heavy (non-hydrogen) atoms. The van der Waals surface area contributed by atoms with Gasteiger partial charge in [0, 0.05) is 0 Å². The quantitative estimate of drug-likeness (QED) is 0.613. The first-order valence-electron chi connectivity index (χ1n) is 3.55. The van der Waals surface area contributed by atoms with E-state index >= 15 is 0 Å². The number of benzene rings is 1. The van der Waals surface area contributed by atoms with Crippen LogP contribution in [0.1, 0.15) is 5.56 Å². The zero-order valence-corrected chi connectivity index (χ0v) is 6.53. The highest BCUT2D eigenvalue weighted by Gasteiger charge is 2.44. The Morgan fingerprint density at radius 2 is 2.00 bits per heavy atom. The number of rotatable bonds is 2. The lowest BCUT2D eigenvalue weighted by Gasteiger charge is -2.01. The normalized spacial score (nSPS) is 15.6. The second-order valence-electron chi connectivity index (χ2n) is 2.42. The van der Waals surface area contributed by atoms with Crippen molar-refractivity contribution in [2.75, 3.05) is 7.11 Å². The molecule has 0 bridgehead atoms. The maximum absolute atomic E-state index is 10.6. The maximum Gasteiger partial charge on any atom is 0.362 e. The van der Waals surface area contributed by atoms with E-state index < -0.39 is 0 Å². The van der Waals surface area contributed by atoms with E-state index in [1.165, 1.54) is 0 Å². The molecule has 61 valence electrons. The van der Waals surface area contributed by atoms with Crippen LogP contribution in [0.25, 0.3) is 0 Å². The fourth-order valence-corrected chi connectivity index (χ4v) is 1.06. The molecule has 1 fully saturated rings. The fraction of sp³-hybridized carbons (Fsp3) is 0.111. The maximum atomic E-state index is 10.6. The Morgan fingerprint density at radius 3 is 2.58 bits per heavy atom. The molecule has 1 saturated heterocycles. The number of epoxide rings is 1. The minimum Gasteiger partial charge on any atom is -0.496 e. The summed E-state index contributed by atoms with van der Waals surface area (Å²) in [6, 6.07) is 7.26. The van der Waals surface area contributed by atoms with Gasteiger partial charge in [-0.25, -0.2) is 4.79 Å². The molecule has 0 amide bonds. The molecular weight excluding hydrogens is 156 g/mol. The fourth-order valence-electron chi connectivity index (χ4n) is 1.06. The molecule has 0 aliphatic carbocycles. The topological polar surface area (TPSA) is 38.8 Å². The van der Waals surface area contributed by atoms with Crippen molar-refractivity contribution in [1.82, 2.24) is 0 Å². The van der Waals surface area contributed by atoms with Crippen molar-refractivity contribution < 1.29 is 14.3 Å². The molecule has 0 saturated carbocycles. The highest BCUT2D eigenvalue weighted by atomic mass is 16.6. The minimum atomic E-state index is -0.264. The van der Waals surface area contributed by atoms with E-state index in [-0.39, 0.29) is 5.97 Å². The molecule has 1 radical (unpaired) electrons. The summed E-state index contributed by atoms with van der Waals surface area (Å²) in [6.07, 6.45) is 0.396. The van der Waals surface area contributed by atoms with Gasteiger partial charge in [0.25, 0.3) is 6.10 Å². The van der Waals surface area contributed by atoms with Gasteiger partial charge in [0.2, 0.25) is 0 Å². The first kappa shape index (κ1) is 7.16. The summed E-state index contributed by atoms with van der Waals surface area (Å²) in [5.41, 5.74) is 0.727. The SMILES string of the molecule is COc1ccccc1[C]1OC1=O. The van der Waals surface area contributed by atoms with Crippen LogP contribution in [0.3, 0.4) is 0 Å². The van der Waals surface area contributed by atoms with E-state index in [0.717, 1.165) is 5.56 Å². The summed E-state index contributed by atoms with van der Waals surface area (Å²) in [5.74, 6) is 0.401. The number of hydrogen-bond acceptors (Lipinski definition) is 3. The summed E-state index contributed by atoms with van der Waals surface area (Å²) in [5, 5.41) is 0. The molecule has 0 spiro atoms. The minimum absolute atomic E-state index is 0.264.